The third-order valence-electron chi connectivity index (χ3n) is 3.12. The maximum Gasteiger partial charge on any atom is 0.328 e. The van der Waals surface area contributed by atoms with Gasteiger partial charge in [0, 0.05) is 6.54 Å². The Bertz CT molecular complexity index is 494. The van der Waals surface area contributed by atoms with E-state index in [0.717, 1.165) is 11.4 Å². The summed E-state index contributed by atoms with van der Waals surface area (Å²) < 4.78 is 10.1. The van der Waals surface area contributed by atoms with E-state index in [4.69, 9.17) is 19.3 Å². The molecular formula is C12H21N3O6. The van der Waals surface area contributed by atoms with Crippen molar-refractivity contribution >= 4 is 11.9 Å². The molecule has 1 aromatic heterocycles. The van der Waals surface area contributed by atoms with Crippen molar-refractivity contribution in [1.29, 1.82) is 0 Å². The van der Waals surface area contributed by atoms with Gasteiger partial charge in [-0.3, -0.25) is 4.79 Å². The zero-order valence-electron chi connectivity index (χ0n) is 12.4. The van der Waals surface area contributed by atoms with Crippen LogP contribution in [0, 0.1) is 5.41 Å². The standard InChI is InChI=1S/C12H21N3O6/c1-12(2,3)11(18)19-7-8-20-15-14(21-15)13-6-4-5-9(13)10(16)17/h9H,4-8H2,1-3H3,(H,16,17)/t9-,14?,15?/m0/s1. The molecule has 2 rings (SSSR count). The summed E-state index contributed by atoms with van der Waals surface area (Å²) in [6.07, 6.45) is 1.36. The average Bonchev–Trinajstić information content (AvgIpc) is 2.97. The molecule has 1 aromatic rings. The van der Waals surface area contributed by atoms with Gasteiger partial charge in [0.15, 0.2) is 6.61 Å². The fraction of sp³-hybridized carbons (Fsp3) is 0.833. The molecule has 0 aromatic carbocycles. The second-order valence-electron chi connectivity index (χ2n) is 5.95. The number of ether oxygens (including phenoxy) is 1. The predicted molar refractivity (Wildman–Crippen MR) is 70.3 cm³/mol. The maximum absolute atomic E-state index is 11.5. The van der Waals surface area contributed by atoms with Gasteiger partial charge in [-0.25, -0.2) is 9.80 Å². The van der Waals surface area contributed by atoms with Gasteiger partial charge in [-0.05, 0) is 33.6 Å². The molecule has 1 aliphatic rings. The third kappa shape index (κ3) is 3.73. The van der Waals surface area contributed by atoms with Gasteiger partial charge in [-0.2, -0.15) is 4.63 Å². The van der Waals surface area contributed by atoms with Gasteiger partial charge >= 0.3 is 11.9 Å². The Labute approximate surface area is 121 Å². The molecule has 0 saturated carbocycles. The number of aliphatic carboxylic acids is 1. The van der Waals surface area contributed by atoms with Crippen molar-refractivity contribution in [3.8, 4) is 0 Å². The Morgan fingerprint density at radius 2 is 2.05 bits per heavy atom. The van der Waals surface area contributed by atoms with Crippen LogP contribution in [0.4, 0.5) is 0 Å². The van der Waals surface area contributed by atoms with Crippen molar-refractivity contribution in [3.05, 3.63) is 0 Å². The van der Waals surface area contributed by atoms with Gasteiger partial charge in [0.05, 0.1) is 10.4 Å². The summed E-state index contributed by atoms with van der Waals surface area (Å²) in [5.41, 5.74) is -0.549. The van der Waals surface area contributed by atoms with E-state index in [1.54, 1.807) is 25.8 Å². The minimum Gasteiger partial charge on any atom is -0.480 e. The molecule has 0 aliphatic carbocycles. The molecule has 9 heteroatoms. The number of aromatic nitrogens is 2. The van der Waals surface area contributed by atoms with E-state index in [1.165, 1.54) is 4.96 Å². The van der Waals surface area contributed by atoms with Crippen LogP contribution >= 0.6 is 0 Å². The van der Waals surface area contributed by atoms with E-state index in [-0.39, 0.29) is 19.2 Å². The minimum atomic E-state index is -0.887. The quantitative estimate of drug-likeness (QED) is 0.587. The summed E-state index contributed by atoms with van der Waals surface area (Å²) in [6.45, 7) is 6.13. The van der Waals surface area contributed by atoms with Gasteiger partial charge in [-0.1, -0.05) is 0 Å². The van der Waals surface area contributed by atoms with Crippen LogP contribution in [0.15, 0.2) is 4.63 Å². The van der Waals surface area contributed by atoms with Gasteiger partial charge in [-0.15, -0.1) is 0 Å². The van der Waals surface area contributed by atoms with Gasteiger partial charge < -0.3 is 14.7 Å². The number of carbonyl (C=O) groups is 2. The largest absolute Gasteiger partial charge is 0.480 e. The van der Waals surface area contributed by atoms with Crippen LogP contribution in [0.5, 0.6) is 0 Å². The summed E-state index contributed by atoms with van der Waals surface area (Å²) in [7, 11) is 0. The third-order valence-corrected chi connectivity index (χ3v) is 3.12. The summed E-state index contributed by atoms with van der Waals surface area (Å²) in [5, 5.41) is 11.7. The molecule has 1 N–H and O–H groups in total. The van der Waals surface area contributed by atoms with Crippen molar-refractivity contribution in [2.45, 2.75) is 39.7 Å². The van der Waals surface area contributed by atoms with E-state index >= 15 is 0 Å². The van der Waals surface area contributed by atoms with Crippen molar-refractivity contribution in [2.75, 3.05) is 24.8 Å². The zero-order chi connectivity index (χ0) is 15.6. The lowest BCUT2D eigenvalue weighted by Crippen LogP contribution is -2.42. The average molecular weight is 303 g/mol. The van der Waals surface area contributed by atoms with E-state index in [2.05, 4.69) is 0 Å². The highest BCUT2D eigenvalue weighted by Crippen LogP contribution is 2.18. The number of carboxylic acids is 1. The van der Waals surface area contributed by atoms with Crippen molar-refractivity contribution < 1.29 is 28.9 Å². The van der Waals surface area contributed by atoms with Crippen LogP contribution in [-0.4, -0.2) is 52.8 Å². The normalized spacial score (nSPS) is 19.0. The van der Waals surface area contributed by atoms with Crippen LogP contribution in [0.1, 0.15) is 33.6 Å². The topological polar surface area (TPSA) is 99.1 Å². The Morgan fingerprint density at radius 3 is 2.67 bits per heavy atom. The molecule has 0 spiro atoms. The van der Waals surface area contributed by atoms with Crippen molar-refractivity contribution in [1.82, 2.24) is 9.98 Å². The Hall–Kier alpha value is -2.06. The second-order valence-corrected chi connectivity index (χ2v) is 5.95. The first kappa shape index (κ1) is 15.3. The molecule has 0 radical (unpaired) electrons. The lowest BCUT2D eigenvalue weighted by atomic mass is 9.97. The van der Waals surface area contributed by atoms with Gasteiger partial charge in [0.25, 0.3) is 0 Å². The highest BCUT2D eigenvalue weighted by atomic mass is 17.0. The van der Waals surface area contributed by atoms with Crippen molar-refractivity contribution in [2.24, 2.45) is 5.41 Å². The molecule has 0 bridgehead atoms. The first-order valence-electron chi connectivity index (χ1n) is 6.88. The lowest BCUT2D eigenvalue weighted by Gasteiger charge is -2.16. The van der Waals surface area contributed by atoms with Gasteiger partial charge in [0.2, 0.25) is 0 Å². The number of carbonyl (C=O) groups excluding carboxylic acids is 1. The molecule has 2 heterocycles. The number of carboxylic acid groups (broad SMARTS) is 1. The van der Waals surface area contributed by atoms with E-state index in [0.29, 0.717) is 13.0 Å². The zero-order valence-corrected chi connectivity index (χ0v) is 12.4. The number of hydrogen-bond donors (Lipinski definition) is 1. The number of rotatable bonds is 6. The molecular weight excluding hydrogens is 282 g/mol. The molecule has 21 heavy (non-hydrogen) atoms. The first-order valence-corrected chi connectivity index (χ1v) is 6.88. The summed E-state index contributed by atoms with van der Waals surface area (Å²) >= 11 is 0. The monoisotopic (exact) mass is 303 g/mol. The first-order chi connectivity index (χ1) is 9.80. The Kier molecular flexibility index (Phi) is 4.19. The molecule has 1 atom stereocenters. The van der Waals surface area contributed by atoms with Gasteiger partial charge in [0.1, 0.15) is 17.7 Å². The molecule has 1 saturated heterocycles. The number of hydrogen-bond acceptors (Lipinski definition) is 6. The minimum absolute atomic E-state index is 0.103. The molecule has 9 nitrogen and oxygen atoms in total. The fourth-order valence-electron chi connectivity index (χ4n) is 1.93. The molecule has 120 valence electrons. The van der Waals surface area contributed by atoms with Crippen LogP contribution in [0.25, 0.3) is 0 Å². The molecule has 0 unspecified atom stereocenters. The SMILES string of the molecule is CC(C)(C)C(=O)OCCOn1on1N1CCC[C@H]1C(=O)O. The van der Waals surface area contributed by atoms with E-state index in [1.807, 2.05) is 0 Å². The fourth-order valence-corrected chi connectivity index (χ4v) is 1.93. The highest BCUT2D eigenvalue weighted by Gasteiger charge is 2.36. The summed E-state index contributed by atoms with van der Waals surface area (Å²) in [4.78, 5) is 29.0. The Morgan fingerprint density at radius 1 is 1.33 bits per heavy atom. The second kappa shape index (κ2) is 5.74. The number of nitrogens with zero attached hydrogens (tertiary/aromatic N) is 3. The van der Waals surface area contributed by atoms with Crippen LogP contribution in [0.2, 0.25) is 0 Å². The molecule has 1 fully saturated rings. The van der Waals surface area contributed by atoms with Crippen LogP contribution in [-0.2, 0) is 14.3 Å². The summed E-state index contributed by atoms with van der Waals surface area (Å²) in [6, 6.07) is -0.600. The molecule has 0 amide bonds. The maximum atomic E-state index is 11.5. The predicted octanol–water partition coefficient (Wildman–Crippen LogP) is 0.0855. The lowest BCUT2D eigenvalue weighted by molar-refractivity contribution is -0.155. The smallest absolute Gasteiger partial charge is 0.328 e. The summed E-state index contributed by atoms with van der Waals surface area (Å²) in [5.74, 6) is -1.19. The van der Waals surface area contributed by atoms with Crippen LogP contribution < -0.4 is 9.85 Å². The molecule has 1 aliphatic heterocycles. The number of esters is 1. The van der Waals surface area contributed by atoms with Crippen molar-refractivity contribution in [3.63, 3.8) is 0 Å². The Balaban J connectivity index is 1.71. The highest BCUT2D eigenvalue weighted by molar-refractivity contribution is 5.76. The van der Waals surface area contributed by atoms with E-state index < -0.39 is 17.4 Å². The van der Waals surface area contributed by atoms with Crippen LogP contribution in [0.3, 0.4) is 0 Å². The van der Waals surface area contributed by atoms with E-state index in [9.17, 15) is 9.59 Å².